The normalized spacial score (nSPS) is 20.3. The van der Waals surface area contributed by atoms with Gasteiger partial charge in [0.05, 0.1) is 25.4 Å². The lowest BCUT2D eigenvalue weighted by molar-refractivity contribution is -0.143. The Kier molecular flexibility index (Phi) is 6.73. The van der Waals surface area contributed by atoms with E-state index in [4.69, 9.17) is 14.3 Å². The van der Waals surface area contributed by atoms with Gasteiger partial charge in [-0.2, -0.15) is 0 Å². The van der Waals surface area contributed by atoms with Crippen molar-refractivity contribution in [3.8, 4) is 11.5 Å². The minimum Gasteiger partial charge on any atom is -0.493 e. The number of hydroxylamine groups is 1. The fraction of sp³-hybridized carbons (Fsp3) is 0.188. The monoisotopic (exact) mass is 520 g/mol. The highest BCUT2D eigenvalue weighted by molar-refractivity contribution is 6.07. The van der Waals surface area contributed by atoms with Gasteiger partial charge in [-0.05, 0) is 41.0 Å². The molecular weight excluding hydrogens is 492 g/mol. The van der Waals surface area contributed by atoms with Gasteiger partial charge in [0.2, 0.25) is 5.91 Å². The summed E-state index contributed by atoms with van der Waals surface area (Å²) in [5.41, 5.74) is 3.48. The Morgan fingerprint density at radius 2 is 1.38 bits per heavy atom. The molecule has 0 saturated carbocycles. The number of hydrogen-bond acceptors (Lipinski definition) is 6. The average molecular weight is 521 g/mol. The lowest BCUT2D eigenvalue weighted by Crippen LogP contribution is -2.36. The summed E-state index contributed by atoms with van der Waals surface area (Å²) >= 11 is 0. The molecule has 2 saturated heterocycles. The molecule has 4 aromatic carbocycles. The molecule has 3 unspecified atom stereocenters. The highest BCUT2D eigenvalue weighted by Gasteiger charge is 2.59. The zero-order chi connectivity index (χ0) is 26.8. The van der Waals surface area contributed by atoms with E-state index < -0.39 is 18.1 Å². The number of fused-ring (bicyclic) bond motifs is 1. The Morgan fingerprint density at radius 3 is 2.05 bits per heavy atom. The molecule has 0 spiro atoms. The molecule has 7 nitrogen and oxygen atoms in total. The smallest absolute Gasteiger partial charge is 0.262 e. The first kappa shape index (κ1) is 24.7. The Labute approximate surface area is 227 Å². The lowest BCUT2D eigenvalue weighted by atomic mass is 9.90. The van der Waals surface area contributed by atoms with Crippen molar-refractivity contribution in [2.45, 2.75) is 25.3 Å². The van der Waals surface area contributed by atoms with Crippen LogP contribution in [0.5, 0.6) is 11.5 Å². The first-order valence-electron chi connectivity index (χ1n) is 12.9. The van der Waals surface area contributed by atoms with Crippen molar-refractivity contribution < 1.29 is 23.9 Å². The third kappa shape index (κ3) is 4.73. The van der Waals surface area contributed by atoms with Crippen LogP contribution in [-0.4, -0.2) is 29.9 Å². The molecule has 7 heteroatoms. The van der Waals surface area contributed by atoms with Crippen LogP contribution in [0.3, 0.4) is 0 Å². The third-order valence-electron chi connectivity index (χ3n) is 7.17. The molecule has 3 atom stereocenters. The number of para-hydroxylation sites is 1. The zero-order valence-corrected chi connectivity index (χ0v) is 21.5. The summed E-state index contributed by atoms with van der Waals surface area (Å²) in [7, 11) is 1.59. The van der Waals surface area contributed by atoms with Gasteiger partial charge in [0.1, 0.15) is 12.5 Å². The quantitative estimate of drug-likeness (QED) is 0.293. The van der Waals surface area contributed by atoms with Crippen molar-refractivity contribution in [1.82, 2.24) is 4.90 Å². The van der Waals surface area contributed by atoms with Gasteiger partial charge >= 0.3 is 0 Å². The van der Waals surface area contributed by atoms with Crippen molar-refractivity contribution in [1.29, 1.82) is 0 Å². The molecule has 39 heavy (non-hydrogen) atoms. The second-order valence-corrected chi connectivity index (χ2v) is 9.59. The van der Waals surface area contributed by atoms with Crippen LogP contribution in [0, 0.1) is 5.92 Å². The van der Waals surface area contributed by atoms with Gasteiger partial charge < -0.3 is 9.47 Å². The molecule has 0 N–H and O–H groups in total. The maximum Gasteiger partial charge on any atom is 0.262 e. The van der Waals surface area contributed by atoms with Crippen LogP contribution in [-0.2, 0) is 27.6 Å². The minimum atomic E-state index is -0.911. The largest absolute Gasteiger partial charge is 0.493 e. The molecule has 196 valence electrons. The van der Waals surface area contributed by atoms with Crippen LogP contribution in [0.25, 0.3) is 0 Å². The number of anilines is 1. The molecule has 2 heterocycles. The summed E-state index contributed by atoms with van der Waals surface area (Å²) in [6.07, 6.45) is -0.911. The Morgan fingerprint density at radius 1 is 0.744 bits per heavy atom. The first-order chi connectivity index (χ1) is 19.1. The molecular formula is C32H28N2O5. The number of benzene rings is 4. The van der Waals surface area contributed by atoms with E-state index in [0.717, 1.165) is 22.4 Å². The van der Waals surface area contributed by atoms with Crippen LogP contribution in [0.15, 0.2) is 109 Å². The molecule has 2 fully saturated rings. The fourth-order valence-electron chi connectivity index (χ4n) is 5.25. The van der Waals surface area contributed by atoms with E-state index in [1.165, 1.54) is 4.90 Å². The number of methoxy groups -OCH3 is 1. The van der Waals surface area contributed by atoms with E-state index in [0.29, 0.717) is 18.1 Å². The number of carbonyl (C=O) groups excluding carboxylic acids is 2. The molecule has 6 rings (SSSR count). The molecule has 2 amide bonds. The number of carbonyl (C=O) groups is 2. The highest BCUT2D eigenvalue weighted by atomic mass is 16.7. The summed E-state index contributed by atoms with van der Waals surface area (Å²) in [5.74, 6) is -0.154. The molecule has 0 aromatic heterocycles. The van der Waals surface area contributed by atoms with E-state index in [2.05, 4.69) is 0 Å². The second-order valence-electron chi connectivity index (χ2n) is 9.59. The van der Waals surface area contributed by atoms with Gasteiger partial charge in [-0.25, -0.2) is 5.06 Å². The van der Waals surface area contributed by atoms with Crippen molar-refractivity contribution in [2.24, 2.45) is 5.92 Å². The predicted octanol–water partition coefficient (Wildman–Crippen LogP) is 5.32. The van der Waals surface area contributed by atoms with Gasteiger partial charge in [0.25, 0.3) is 5.91 Å². The van der Waals surface area contributed by atoms with E-state index in [-0.39, 0.29) is 18.4 Å². The molecule has 0 aliphatic carbocycles. The lowest BCUT2D eigenvalue weighted by Gasteiger charge is -2.29. The first-order valence-corrected chi connectivity index (χ1v) is 12.9. The molecule has 0 bridgehead atoms. The van der Waals surface area contributed by atoms with Crippen molar-refractivity contribution in [3.05, 3.63) is 126 Å². The second kappa shape index (κ2) is 10.6. The minimum absolute atomic E-state index is 0.211. The fourth-order valence-corrected chi connectivity index (χ4v) is 5.25. The number of amides is 2. The number of likely N-dealkylation sites (tertiary alicyclic amines) is 1. The van der Waals surface area contributed by atoms with Gasteiger partial charge in [-0.3, -0.25) is 19.3 Å². The van der Waals surface area contributed by atoms with Crippen LogP contribution >= 0.6 is 0 Å². The summed E-state index contributed by atoms with van der Waals surface area (Å²) < 4.78 is 11.7. The third-order valence-corrected chi connectivity index (χ3v) is 7.17. The predicted molar refractivity (Wildman–Crippen MR) is 146 cm³/mol. The average Bonchev–Trinajstić information content (AvgIpc) is 3.49. The number of nitrogens with zero attached hydrogens (tertiary/aromatic N) is 2. The van der Waals surface area contributed by atoms with Gasteiger partial charge in [-0.1, -0.05) is 84.9 Å². The zero-order valence-electron chi connectivity index (χ0n) is 21.5. The van der Waals surface area contributed by atoms with Crippen molar-refractivity contribution >= 4 is 17.5 Å². The van der Waals surface area contributed by atoms with Crippen LogP contribution in [0.1, 0.15) is 22.7 Å². The van der Waals surface area contributed by atoms with E-state index >= 15 is 0 Å². The maximum atomic E-state index is 13.8. The van der Waals surface area contributed by atoms with Gasteiger partial charge in [0.15, 0.2) is 17.6 Å². The Hall–Kier alpha value is -4.62. The molecule has 2 aliphatic rings. The highest BCUT2D eigenvalue weighted by Crippen LogP contribution is 2.48. The summed E-state index contributed by atoms with van der Waals surface area (Å²) in [4.78, 5) is 34.8. The Bertz CT molecular complexity index is 1460. The SMILES string of the molecule is COc1cc(C2C3C(=O)N(Cc4ccccc4)C(=O)C3ON2c2ccccc2)ccc1OCc1ccccc1. The number of imide groups is 1. The standard InChI is InChI=1S/C32H28N2O5/c1-37-27-19-24(17-18-26(27)38-21-23-13-7-3-8-14-23)29-28-30(39-34(29)25-15-9-4-10-16-25)32(36)33(31(28)35)20-22-11-5-2-6-12-22/h2-19,28-30H,20-21H2,1H3. The van der Waals surface area contributed by atoms with E-state index in [1.54, 1.807) is 12.2 Å². The van der Waals surface area contributed by atoms with Gasteiger partial charge in [0, 0.05) is 0 Å². The number of ether oxygens (including phenoxy) is 2. The summed E-state index contributed by atoms with van der Waals surface area (Å²) in [5, 5.41) is 1.68. The summed E-state index contributed by atoms with van der Waals surface area (Å²) in [6, 6.07) is 34.0. The molecule has 2 aliphatic heterocycles. The van der Waals surface area contributed by atoms with E-state index in [1.807, 2.05) is 109 Å². The Balaban J connectivity index is 1.33. The van der Waals surface area contributed by atoms with Crippen LogP contribution in [0.4, 0.5) is 5.69 Å². The van der Waals surface area contributed by atoms with Crippen LogP contribution < -0.4 is 14.5 Å². The molecule has 4 aromatic rings. The maximum absolute atomic E-state index is 13.8. The topological polar surface area (TPSA) is 68.3 Å². The number of rotatable bonds is 8. The van der Waals surface area contributed by atoms with Gasteiger partial charge in [-0.15, -0.1) is 0 Å². The molecule has 0 radical (unpaired) electrons. The summed E-state index contributed by atoms with van der Waals surface area (Å²) in [6.45, 7) is 0.605. The van der Waals surface area contributed by atoms with E-state index in [9.17, 15) is 9.59 Å². The van der Waals surface area contributed by atoms with Crippen molar-refractivity contribution in [2.75, 3.05) is 12.2 Å². The van der Waals surface area contributed by atoms with Crippen molar-refractivity contribution in [3.63, 3.8) is 0 Å². The number of hydrogen-bond donors (Lipinski definition) is 0. The van der Waals surface area contributed by atoms with Crippen LogP contribution in [0.2, 0.25) is 0 Å².